The molecule has 1 aliphatic rings. The minimum Gasteiger partial charge on any atom is -0.497 e. The zero-order chi connectivity index (χ0) is 18.1. The van der Waals surface area contributed by atoms with E-state index in [1.165, 1.54) is 0 Å². The minimum atomic E-state index is -0.858. The summed E-state index contributed by atoms with van der Waals surface area (Å²) in [6, 6.07) is 7.66. The molecule has 2 rings (SSSR count). The van der Waals surface area contributed by atoms with Gasteiger partial charge in [0.25, 0.3) is 0 Å². The van der Waals surface area contributed by atoms with Crippen molar-refractivity contribution in [3.63, 3.8) is 0 Å². The van der Waals surface area contributed by atoms with Gasteiger partial charge in [0.1, 0.15) is 5.75 Å². The fourth-order valence-corrected chi connectivity index (χ4v) is 3.03. The van der Waals surface area contributed by atoms with E-state index in [0.29, 0.717) is 32.7 Å². The Hall–Kier alpha value is -2.28. The molecule has 1 aromatic rings. The lowest BCUT2D eigenvalue weighted by Gasteiger charge is -2.38. The van der Waals surface area contributed by atoms with Crippen molar-refractivity contribution in [3.8, 4) is 5.75 Å². The molecule has 1 aliphatic heterocycles. The zero-order valence-corrected chi connectivity index (χ0v) is 14.5. The van der Waals surface area contributed by atoms with Crippen molar-refractivity contribution in [2.75, 3.05) is 33.4 Å². The van der Waals surface area contributed by atoms with Gasteiger partial charge in [0.2, 0.25) is 0 Å². The number of benzene rings is 1. The molecular formula is C18H26N2O5. The van der Waals surface area contributed by atoms with Crippen molar-refractivity contribution < 1.29 is 24.2 Å². The van der Waals surface area contributed by atoms with Crippen molar-refractivity contribution in [1.82, 2.24) is 10.6 Å². The highest BCUT2D eigenvalue weighted by Gasteiger charge is 2.34. The summed E-state index contributed by atoms with van der Waals surface area (Å²) < 4.78 is 10.7. The van der Waals surface area contributed by atoms with Gasteiger partial charge in [-0.15, -0.1) is 0 Å². The second-order valence-electron chi connectivity index (χ2n) is 6.23. The molecule has 25 heavy (non-hydrogen) atoms. The Labute approximate surface area is 147 Å². The molecule has 0 radical (unpaired) electrons. The van der Waals surface area contributed by atoms with Crippen molar-refractivity contribution in [3.05, 3.63) is 29.8 Å². The van der Waals surface area contributed by atoms with Gasteiger partial charge in [-0.05, 0) is 37.0 Å². The molecule has 0 unspecified atom stereocenters. The summed E-state index contributed by atoms with van der Waals surface area (Å²) in [5, 5.41) is 14.2. The Bertz CT molecular complexity index is 567. The lowest BCUT2D eigenvalue weighted by atomic mass is 9.74. The summed E-state index contributed by atoms with van der Waals surface area (Å²) in [6.45, 7) is 2.17. The second kappa shape index (κ2) is 9.27. The molecule has 7 nitrogen and oxygen atoms in total. The first-order chi connectivity index (χ1) is 12.1. The molecule has 3 N–H and O–H groups in total. The van der Waals surface area contributed by atoms with E-state index in [1.54, 1.807) is 7.11 Å². The fraction of sp³-hybridized carbons (Fsp3) is 0.556. The molecule has 7 heteroatoms. The third-order valence-corrected chi connectivity index (χ3v) is 4.59. The number of urea groups is 1. The summed E-state index contributed by atoms with van der Waals surface area (Å²) in [4.78, 5) is 22.5. The van der Waals surface area contributed by atoms with E-state index in [-0.39, 0.29) is 17.9 Å². The quantitative estimate of drug-likeness (QED) is 0.622. The van der Waals surface area contributed by atoms with Gasteiger partial charge in [-0.2, -0.15) is 0 Å². The van der Waals surface area contributed by atoms with Gasteiger partial charge in [0.15, 0.2) is 0 Å². The van der Waals surface area contributed by atoms with E-state index in [0.717, 1.165) is 24.2 Å². The maximum absolute atomic E-state index is 12.0. The summed E-state index contributed by atoms with van der Waals surface area (Å²) >= 11 is 0. The van der Waals surface area contributed by atoms with Gasteiger partial charge >= 0.3 is 12.0 Å². The lowest BCUT2D eigenvalue weighted by Crippen LogP contribution is -2.47. The third-order valence-electron chi connectivity index (χ3n) is 4.59. The van der Waals surface area contributed by atoms with Crippen LogP contribution in [0.25, 0.3) is 0 Å². The number of aliphatic carboxylic acids is 1. The zero-order valence-electron chi connectivity index (χ0n) is 14.5. The molecule has 138 valence electrons. The minimum absolute atomic E-state index is 0.0490. The van der Waals surface area contributed by atoms with Crippen molar-refractivity contribution in [1.29, 1.82) is 0 Å². The van der Waals surface area contributed by atoms with E-state index < -0.39 is 5.97 Å². The van der Waals surface area contributed by atoms with Crippen LogP contribution in [0.5, 0.6) is 5.75 Å². The largest absolute Gasteiger partial charge is 0.497 e. The van der Waals surface area contributed by atoms with E-state index in [4.69, 9.17) is 14.6 Å². The summed E-state index contributed by atoms with van der Waals surface area (Å²) in [5.41, 5.74) is 0.992. The predicted octanol–water partition coefficient (Wildman–Crippen LogP) is 1.91. The van der Waals surface area contributed by atoms with Gasteiger partial charge in [-0.25, -0.2) is 4.79 Å². The molecule has 1 saturated heterocycles. The second-order valence-corrected chi connectivity index (χ2v) is 6.23. The molecular weight excluding hydrogens is 324 g/mol. The van der Waals surface area contributed by atoms with Crippen molar-refractivity contribution >= 4 is 12.0 Å². The molecule has 0 saturated carbocycles. The van der Waals surface area contributed by atoms with Crippen LogP contribution in [0, 0.1) is 0 Å². The number of nitrogens with one attached hydrogen (secondary N) is 2. The number of rotatable bonds is 8. The van der Waals surface area contributed by atoms with Gasteiger partial charge in [-0.1, -0.05) is 12.1 Å². The summed E-state index contributed by atoms with van der Waals surface area (Å²) in [7, 11) is 1.63. The highest BCUT2D eigenvalue weighted by molar-refractivity contribution is 5.74. The van der Waals surface area contributed by atoms with E-state index in [1.807, 2.05) is 24.3 Å². The number of amides is 2. The number of ether oxygens (including phenoxy) is 2. The number of hydrogen-bond donors (Lipinski definition) is 3. The Morgan fingerprint density at radius 3 is 2.48 bits per heavy atom. The average Bonchev–Trinajstić information content (AvgIpc) is 2.64. The van der Waals surface area contributed by atoms with Crippen molar-refractivity contribution in [2.24, 2.45) is 0 Å². The highest BCUT2D eigenvalue weighted by atomic mass is 16.5. The van der Waals surface area contributed by atoms with Gasteiger partial charge in [0, 0.05) is 38.1 Å². The molecule has 0 aromatic heterocycles. The maximum atomic E-state index is 12.0. The SMILES string of the molecule is COc1ccc(C2(CNC(=O)NCCCC(=O)O)CCOCC2)cc1. The Morgan fingerprint density at radius 1 is 1.20 bits per heavy atom. The lowest BCUT2D eigenvalue weighted by molar-refractivity contribution is -0.137. The topological polar surface area (TPSA) is 96.9 Å². The third kappa shape index (κ3) is 5.63. The molecule has 1 fully saturated rings. The number of carbonyl (C=O) groups excluding carboxylic acids is 1. The van der Waals surface area contributed by atoms with E-state index in [9.17, 15) is 9.59 Å². The maximum Gasteiger partial charge on any atom is 0.314 e. The Balaban J connectivity index is 1.93. The Morgan fingerprint density at radius 2 is 1.88 bits per heavy atom. The monoisotopic (exact) mass is 350 g/mol. The molecule has 2 amide bonds. The van der Waals surface area contributed by atoms with Gasteiger partial charge in [0.05, 0.1) is 7.11 Å². The fourth-order valence-electron chi connectivity index (χ4n) is 3.03. The van der Waals surface area contributed by atoms with Crippen LogP contribution in [-0.2, 0) is 14.9 Å². The highest BCUT2D eigenvalue weighted by Crippen LogP contribution is 2.35. The van der Waals surface area contributed by atoms with Crippen LogP contribution in [0.3, 0.4) is 0 Å². The van der Waals surface area contributed by atoms with Crippen LogP contribution in [0.2, 0.25) is 0 Å². The van der Waals surface area contributed by atoms with Gasteiger partial charge in [-0.3, -0.25) is 4.79 Å². The molecule has 0 aliphatic carbocycles. The first-order valence-electron chi connectivity index (χ1n) is 8.51. The van der Waals surface area contributed by atoms with E-state index in [2.05, 4.69) is 10.6 Å². The molecule has 0 spiro atoms. The molecule has 0 bridgehead atoms. The molecule has 0 atom stereocenters. The average molecular weight is 350 g/mol. The predicted molar refractivity (Wildman–Crippen MR) is 93.0 cm³/mol. The van der Waals surface area contributed by atoms with Crippen LogP contribution in [0.4, 0.5) is 4.79 Å². The van der Waals surface area contributed by atoms with E-state index >= 15 is 0 Å². The number of carboxylic acid groups (broad SMARTS) is 1. The standard InChI is InChI=1S/C18H26N2O5/c1-24-15-6-4-14(5-7-15)18(8-11-25-12-9-18)13-20-17(23)19-10-2-3-16(21)22/h4-7H,2-3,8-13H2,1H3,(H,21,22)(H2,19,20,23). The number of carboxylic acids is 1. The summed E-state index contributed by atoms with van der Waals surface area (Å²) in [6.07, 6.45) is 2.13. The van der Waals surface area contributed by atoms with Crippen LogP contribution >= 0.6 is 0 Å². The van der Waals surface area contributed by atoms with Crippen LogP contribution in [0.1, 0.15) is 31.2 Å². The number of carbonyl (C=O) groups is 2. The number of methoxy groups -OCH3 is 1. The van der Waals surface area contributed by atoms with Crippen LogP contribution in [0.15, 0.2) is 24.3 Å². The number of hydrogen-bond acceptors (Lipinski definition) is 4. The van der Waals surface area contributed by atoms with Crippen LogP contribution in [-0.4, -0.2) is 50.5 Å². The molecule has 1 aromatic carbocycles. The summed E-state index contributed by atoms with van der Waals surface area (Å²) in [5.74, 6) is -0.0574. The normalized spacial score (nSPS) is 16.0. The van der Waals surface area contributed by atoms with Crippen molar-refractivity contribution in [2.45, 2.75) is 31.1 Å². The van der Waals surface area contributed by atoms with Gasteiger partial charge < -0.3 is 25.2 Å². The Kier molecular flexibility index (Phi) is 7.06. The van der Waals surface area contributed by atoms with Crippen LogP contribution < -0.4 is 15.4 Å². The first-order valence-corrected chi connectivity index (χ1v) is 8.51. The molecule has 1 heterocycles. The smallest absolute Gasteiger partial charge is 0.314 e. The first kappa shape index (κ1) is 19.1.